The molecule has 0 spiro atoms. The Morgan fingerprint density at radius 2 is 1.62 bits per heavy atom. The minimum Gasteiger partial charge on any atom is -0.481 e. The number of nitrogens with zero attached hydrogens (tertiary/aromatic N) is 4. The van der Waals surface area contributed by atoms with Gasteiger partial charge in [0.15, 0.2) is 5.82 Å². The summed E-state index contributed by atoms with van der Waals surface area (Å²) in [5.41, 5.74) is 1.92. The first kappa shape index (κ1) is 23.2. The van der Waals surface area contributed by atoms with E-state index in [0.717, 1.165) is 0 Å². The van der Waals surface area contributed by atoms with Gasteiger partial charge < -0.3 is 5.11 Å². The zero-order chi connectivity index (χ0) is 24.0. The summed E-state index contributed by atoms with van der Waals surface area (Å²) < 4.78 is 29.2. The normalized spacial score (nSPS) is 12.4. The highest BCUT2D eigenvalue weighted by Gasteiger charge is 2.35. The average molecular weight is 475 g/mol. The number of aliphatic carboxylic acids is 1. The topological polar surface area (TPSA) is 113 Å². The van der Waals surface area contributed by atoms with Gasteiger partial charge in [-0.1, -0.05) is 54.6 Å². The monoisotopic (exact) mass is 474 g/mol. The van der Waals surface area contributed by atoms with Crippen molar-refractivity contribution >= 4 is 16.0 Å². The van der Waals surface area contributed by atoms with Gasteiger partial charge in [0.2, 0.25) is 10.0 Å². The van der Waals surface area contributed by atoms with E-state index in [1.807, 2.05) is 30.3 Å². The van der Waals surface area contributed by atoms with E-state index in [1.54, 1.807) is 48.8 Å². The molecule has 1 N–H and O–H groups in total. The maximum Gasteiger partial charge on any atom is 0.307 e. The van der Waals surface area contributed by atoms with Crippen LogP contribution in [0.25, 0.3) is 0 Å². The standard InChI is InChI=1S/C25H22N4O4S/c30-23(31)16-19-7-4-8-20(15-19)18-29(34(32,33)22-11-5-12-26-17-22)24(21-9-2-1-3-10-21)25-27-13-6-14-28-25/h1-15,17,24H,16,18H2,(H,30,31). The Hall–Kier alpha value is -3.95. The van der Waals surface area contributed by atoms with Crippen molar-refractivity contribution in [2.24, 2.45) is 0 Å². The third-order valence-electron chi connectivity index (χ3n) is 5.16. The predicted octanol–water partition coefficient (Wildman–Crippen LogP) is 3.48. The molecule has 2 aromatic carbocycles. The second-order valence-electron chi connectivity index (χ2n) is 7.55. The van der Waals surface area contributed by atoms with Gasteiger partial charge in [-0.2, -0.15) is 4.31 Å². The molecule has 2 aromatic heterocycles. The molecule has 9 heteroatoms. The average Bonchev–Trinajstić information content (AvgIpc) is 2.85. The molecule has 0 bridgehead atoms. The Morgan fingerprint density at radius 3 is 2.29 bits per heavy atom. The summed E-state index contributed by atoms with van der Waals surface area (Å²) >= 11 is 0. The fourth-order valence-corrected chi connectivity index (χ4v) is 5.20. The number of hydrogen-bond acceptors (Lipinski definition) is 6. The molecule has 0 amide bonds. The first-order valence-corrected chi connectivity index (χ1v) is 11.9. The van der Waals surface area contributed by atoms with E-state index in [9.17, 15) is 18.3 Å². The molecule has 8 nitrogen and oxygen atoms in total. The number of carboxylic acid groups (broad SMARTS) is 1. The van der Waals surface area contributed by atoms with Crippen LogP contribution in [0, 0.1) is 0 Å². The molecule has 0 saturated heterocycles. The van der Waals surface area contributed by atoms with Crippen molar-refractivity contribution in [3.8, 4) is 0 Å². The third kappa shape index (κ3) is 5.33. The molecule has 0 aliphatic heterocycles. The van der Waals surface area contributed by atoms with Crippen molar-refractivity contribution in [1.29, 1.82) is 0 Å². The number of pyridine rings is 1. The van der Waals surface area contributed by atoms with Crippen LogP contribution in [-0.2, 0) is 27.8 Å². The Labute approximate surface area is 197 Å². The fraction of sp³-hybridized carbons (Fsp3) is 0.120. The number of sulfonamides is 1. The summed E-state index contributed by atoms with van der Waals surface area (Å²) in [7, 11) is -4.06. The maximum atomic E-state index is 13.9. The van der Waals surface area contributed by atoms with Gasteiger partial charge in [-0.15, -0.1) is 0 Å². The molecule has 4 rings (SSSR count). The van der Waals surface area contributed by atoms with E-state index in [4.69, 9.17) is 0 Å². The number of hydrogen-bond donors (Lipinski definition) is 1. The van der Waals surface area contributed by atoms with Crippen molar-refractivity contribution in [1.82, 2.24) is 19.3 Å². The minimum absolute atomic E-state index is 0.0253. The van der Waals surface area contributed by atoms with Crippen molar-refractivity contribution < 1.29 is 18.3 Å². The Balaban J connectivity index is 1.87. The first-order valence-electron chi connectivity index (χ1n) is 10.5. The molecule has 0 aliphatic rings. The van der Waals surface area contributed by atoms with Crippen LogP contribution in [0.5, 0.6) is 0 Å². The van der Waals surface area contributed by atoms with Crippen LogP contribution in [0.1, 0.15) is 28.6 Å². The van der Waals surface area contributed by atoms with E-state index in [0.29, 0.717) is 22.5 Å². The number of benzene rings is 2. The third-order valence-corrected chi connectivity index (χ3v) is 6.95. The van der Waals surface area contributed by atoms with Crippen molar-refractivity contribution in [2.75, 3.05) is 0 Å². The first-order chi connectivity index (χ1) is 16.4. The minimum atomic E-state index is -4.06. The summed E-state index contributed by atoms with van der Waals surface area (Å²) in [5.74, 6) is -0.639. The number of rotatable bonds is 9. The fourth-order valence-electron chi connectivity index (χ4n) is 3.67. The highest BCUT2D eigenvalue weighted by atomic mass is 32.2. The SMILES string of the molecule is O=C(O)Cc1cccc(CN(C(c2ccccc2)c2ncccn2)S(=O)(=O)c2cccnc2)c1. The Morgan fingerprint density at radius 1 is 0.882 bits per heavy atom. The van der Waals surface area contributed by atoms with E-state index in [1.165, 1.54) is 22.8 Å². The van der Waals surface area contributed by atoms with Crippen molar-refractivity contribution in [3.05, 3.63) is 120 Å². The smallest absolute Gasteiger partial charge is 0.307 e. The van der Waals surface area contributed by atoms with Gasteiger partial charge in [0.25, 0.3) is 0 Å². The van der Waals surface area contributed by atoms with Crippen LogP contribution in [0.2, 0.25) is 0 Å². The lowest BCUT2D eigenvalue weighted by Gasteiger charge is -2.30. The van der Waals surface area contributed by atoms with Crippen LogP contribution in [0.4, 0.5) is 0 Å². The summed E-state index contributed by atoms with van der Waals surface area (Å²) in [6, 6.07) is 19.9. The molecular weight excluding hydrogens is 452 g/mol. The number of aromatic nitrogens is 3. The summed E-state index contributed by atoms with van der Waals surface area (Å²) in [5, 5.41) is 9.17. The molecule has 0 saturated carbocycles. The van der Waals surface area contributed by atoms with Gasteiger partial charge in [0.1, 0.15) is 10.9 Å². The quantitative estimate of drug-likeness (QED) is 0.395. The molecule has 172 valence electrons. The molecule has 0 fully saturated rings. The van der Waals surface area contributed by atoms with Crippen LogP contribution in [-0.4, -0.2) is 38.8 Å². The molecule has 0 aliphatic carbocycles. The Kier molecular flexibility index (Phi) is 7.05. The molecule has 2 heterocycles. The van der Waals surface area contributed by atoms with Crippen LogP contribution in [0.3, 0.4) is 0 Å². The number of carboxylic acids is 1. The van der Waals surface area contributed by atoms with E-state index in [2.05, 4.69) is 15.0 Å². The summed E-state index contributed by atoms with van der Waals surface area (Å²) in [6.07, 6.45) is 5.79. The van der Waals surface area contributed by atoms with Crippen molar-refractivity contribution in [2.45, 2.75) is 23.9 Å². The van der Waals surface area contributed by atoms with Crippen molar-refractivity contribution in [3.63, 3.8) is 0 Å². The van der Waals surface area contributed by atoms with E-state index in [-0.39, 0.29) is 17.9 Å². The van der Waals surface area contributed by atoms with Gasteiger partial charge in [-0.25, -0.2) is 18.4 Å². The molecule has 1 atom stereocenters. The summed E-state index contributed by atoms with van der Waals surface area (Å²) in [6.45, 7) is -0.0253. The van der Waals surface area contributed by atoms with Crippen LogP contribution < -0.4 is 0 Å². The lowest BCUT2D eigenvalue weighted by atomic mass is 10.0. The zero-order valence-electron chi connectivity index (χ0n) is 18.1. The second-order valence-corrected chi connectivity index (χ2v) is 9.44. The molecular formula is C25H22N4O4S. The van der Waals surface area contributed by atoms with Gasteiger partial charge in [0, 0.05) is 31.3 Å². The largest absolute Gasteiger partial charge is 0.481 e. The van der Waals surface area contributed by atoms with Gasteiger partial charge >= 0.3 is 5.97 Å². The van der Waals surface area contributed by atoms with E-state index >= 15 is 0 Å². The predicted molar refractivity (Wildman–Crippen MR) is 125 cm³/mol. The molecule has 4 aromatic rings. The lowest BCUT2D eigenvalue weighted by molar-refractivity contribution is -0.136. The molecule has 1 unspecified atom stereocenters. The second kappa shape index (κ2) is 10.3. The Bertz CT molecular complexity index is 1310. The van der Waals surface area contributed by atoms with Gasteiger partial charge in [0.05, 0.1) is 6.42 Å². The van der Waals surface area contributed by atoms with Crippen LogP contribution >= 0.6 is 0 Å². The molecule has 34 heavy (non-hydrogen) atoms. The highest BCUT2D eigenvalue weighted by molar-refractivity contribution is 7.89. The molecule has 0 radical (unpaired) electrons. The zero-order valence-corrected chi connectivity index (χ0v) is 18.9. The summed E-state index contributed by atoms with van der Waals surface area (Å²) in [4.78, 5) is 24.0. The van der Waals surface area contributed by atoms with Gasteiger partial charge in [-0.05, 0) is 34.9 Å². The van der Waals surface area contributed by atoms with Crippen LogP contribution in [0.15, 0.2) is 102 Å². The number of carbonyl (C=O) groups is 1. The van der Waals surface area contributed by atoms with E-state index < -0.39 is 22.0 Å². The lowest BCUT2D eigenvalue weighted by Crippen LogP contribution is -2.36. The van der Waals surface area contributed by atoms with Gasteiger partial charge in [-0.3, -0.25) is 9.78 Å². The highest BCUT2D eigenvalue weighted by Crippen LogP contribution is 2.33. The maximum absolute atomic E-state index is 13.9.